The van der Waals surface area contributed by atoms with Gasteiger partial charge in [0, 0.05) is 11.4 Å². The largest absolute Gasteiger partial charge is 0.306 e. The molecule has 0 aliphatic carbocycles. The zero-order chi connectivity index (χ0) is 15.1. The first-order valence-corrected chi connectivity index (χ1v) is 8.40. The standard InChI is InChI=1S/C14H21N3O2S/c1-10(16(3)4)8-12-6-7-14-13(11(12)2)9-15-17(14)20(5,18)19/h6-7,9-10H,8H2,1-5H3. The van der Waals surface area contributed by atoms with Crippen molar-refractivity contribution in [3.63, 3.8) is 0 Å². The Morgan fingerprint density at radius 3 is 2.55 bits per heavy atom. The first kappa shape index (κ1) is 15.0. The molecule has 5 nitrogen and oxygen atoms in total. The predicted molar refractivity (Wildman–Crippen MR) is 81.6 cm³/mol. The number of hydrogen-bond donors (Lipinski definition) is 0. The maximum absolute atomic E-state index is 11.7. The van der Waals surface area contributed by atoms with Crippen molar-refractivity contribution < 1.29 is 8.42 Å². The number of nitrogens with zero attached hydrogens (tertiary/aromatic N) is 3. The molecule has 0 saturated carbocycles. The SMILES string of the molecule is Cc1c(CC(C)N(C)C)ccc2c1cnn2S(C)(=O)=O. The molecule has 0 spiro atoms. The summed E-state index contributed by atoms with van der Waals surface area (Å²) >= 11 is 0. The molecule has 0 bridgehead atoms. The van der Waals surface area contributed by atoms with Crippen molar-refractivity contribution in [2.45, 2.75) is 26.3 Å². The smallest absolute Gasteiger partial charge is 0.251 e. The van der Waals surface area contributed by atoms with Gasteiger partial charge in [0.05, 0.1) is 18.0 Å². The van der Waals surface area contributed by atoms with E-state index in [1.54, 1.807) is 6.20 Å². The molecule has 2 aromatic rings. The van der Waals surface area contributed by atoms with Gasteiger partial charge < -0.3 is 4.90 Å². The Hall–Kier alpha value is -1.40. The van der Waals surface area contributed by atoms with E-state index < -0.39 is 10.0 Å². The average Bonchev–Trinajstić information content (AvgIpc) is 2.76. The lowest BCUT2D eigenvalue weighted by Gasteiger charge is -2.20. The Morgan fingerprint density at radius 1 is 1.35 bits per heavy atom. The maximum Gasteiger partial charge on any atom is 0.251 e. The molecule has 110 valence electrons. The van der Waals surface area contributed by atoms with Gasteiger partial charge in [-0.3, -0.25) is 0 Å². The summed E-state index contributed by atoms with van der Waals surface area (Å²) in [6, 6.07) is 4.27. The first-order valence-electron chi connectivity index (χ1n) is 6.55. The van der Waals surface area contributed by atoms with Crippen molar-refractivity contribution in [1.29, 1.82) is 0 Å². The van der Waals surface area contributed by atoms with Crippen LogP contribution in [0.2, 0.25) is 0 Å². The summed E-state index contributed by atoms with van der Waals surface area (Å²) in [7, 11) is 0.757. The van der Waals surface area contributed by atoms with Gasteiger partial charge in [-0.2, -0.15) is 9.19 Å². The van der Waals surface area contributed by atoms with Gasteiger partial charge in [-0.15, -0.1) is 0 Å². The van der Waals surface area contributed by atoms with Gasteiger partial charge in [-0.25, -0.2) is 8.42 Å². The van der Waals surface area contributed by atoms with E-state index >= 15 is 0 Å². The van der Waals surface area contributed by atoms with Crippen molar-refractivity contribution in [3.05, 3.63) is 29.5 Å². The van der Waals surface area contributed by atoms with Gasteiger partial charge >= 0.3 is 0 Å². The molecule has 0 N–H and O–H groups in total. The van der Waals surface area contributed by atoms with E-state index in [9.17, 15) is 8.42 Å². The predicted octanol–water partition coefficient (Wildman–Crippen LogP) is 1.65. The third kappa shape index (κ3) is 2.71. The Bertz CT molecular complexity index is 732. The molecule has 1 atom stereocenters. The normalized spacial score (nSPS) is 14.1. The summed E-state index contributed by atoms with van der Waals surface area (Å²) < 4.78 is 24.4. The van der Waals surface area contributed by atoms with E-state index in [2.05, 4.69) is 31.0 Å². The topological polar surface area (TPSA) is 55.2 Å². The second-order valence-corrected chi connectivity index (χ2v) is 7.36. The van der Waals surface area contributed by atoms with E-state index in [0.717, 1.165) is 27.7 Å². The second-order valence-electron chi connectivity index (χ2n) is 5.55. The number of aromatic nitrogens is 2. The fourth-order valence-electron chi connectivity index (χ4n) is 2.25. The van der Waals surface area contributed by atoms with Crippen molar-refractivity contribution in [3.8, 4) is 0 Å². The molecule has 2 rings (SSSR count). The third-order valence-electron chi connectivity index (χ3n) is 3.81. The van der Waals surface area contributed by atoms with Crippen LogP contribution in [0.15, 0.2) is 18.3 Å². The van der Waals surface area contributed by atoms with Crippen LogP contribution < -0.4 is 0 Å². The minimum Gasteiger partial charge on any atom is -0.306 e. The molecule has 1 aromatic carbocycles. The number of benzene rings is 1. The lowest BCUT2D eigenvalue weighted by atomic mass is 9.99. The maximum atomic E-state index is 11.7. The number of aryl methyl sites for hydroxylation is 1. The minimum atomic E-state index is -3.35. The van der Waals surface area contributed by atoms with E-state index in [4.69, 9.17) is 0 Å². The molecule has 6 heteroatoms. The monoisotopic (exact) mass is 295 g/mol. The fourth-order valence-corrected chi connectivity index (χ4v) is 2.98. The van der Waals surface area contributed by atoms with Crippen molar-refractivity contribution in [2.24, 2.45) is 0 Å². The fraction of sp³-hybridized carbons (Fsp3) is 0.500. The summed E-state index contributed by atoms with van der Waals surface area (Å²) in [5.74, 6) is 0. The van der Waals surface area contributed by atoms with E-state index in [-0.39, 0.29) is 0 Å². The zero-order valence-corrected chi connectivity index (χ0v) is 13.4. The highest BCUT2D eigenvalue weighted by Crippen LogP contribution is 2.24. The summed E-state index contributed by atoms with van der Waals surface area (Å²) in [4.78, 5) is 2.17. The molecule has 0 radical (unpaired) electrons. The molecular formula is C14H21N3O2S. The van der Waals surface area contributed by atoms with Gasteiger partial charge in [0.25, 0.3) is 10.0 Å². The van der Waals surface area contributed by atoms with Crippen molar-refractivity contribution in [2.75, 3.05) is 20.4 Å². The Kier molecular flexibility index (Phi) is 3.88. The van der Waals surface area contributed by atoms with Gasteiger partial charge in [0.2, 0.25) is 0 Å². The lowest BCUT2D eigenvalue weighted by Crippen LogP contribution is -2.26. The number of rotatable bonds is 4. The van der Waals surface area contributed by atoms with Crippen LogP contribution in [-0.4, -0.2) is 48.9 Å². The molecule has 0 aliphatic rings. The highest BCUT2D eigenvalue weighted by Gasteiger charge is 2.15. The van der Waals surface area contributed by atoms with Crippen molar-refractivity contribution >= 4 is 20.9 Å². The van der Waals surface area contributed by atoms with Crippen LogP contribution in [0.3, 0.4) is 0 Å². The lowest BCUT2D eigenvalue weighted by molar-refractivity contribution is 0.312. The quantitative estimate of drug-likeness (QED) is 0.860. The van der Waals surface area contributed by atoms with Gasteiger partial charge in [-0.1, -0.05) is 6.07 Å². The Labute approximate surface area is 120 Å². The number of likely N-dealkylation sites (N-methyl/N-ethyl adjacent to an activating group) is 1. The molecule has 0 fully saturated rings. The van der Waals surface area contributed by atoms with Crippen LogP contribution in [0, 0.1) is 6.92 Å². The average molecular weight is 295 g/mol. The first-order chi connectivity index (χ1) is 9.21. The highest BCUT2D eigenvalue weighted by atomic mass is 32.2. The van der Waals surface area contributed by atoms with Crippen LogP contribution >= 0.6 is 0 Å². The molecule has 1 heterocycles. The molecule has 0 saturated heterocycles. The summed E-state index contributed by atoms with van der Waals surface area (Å²) in [5.41, 5.74) is 2.98. The summed E-state index contributed by atoms with van der Waals surface area (Å²) in [6.45, 7) is 4.19. The molecule has 20 heavy (non-hydrogen) atoms. The van der Waals surface area contributed by atoms with Crippen LogP contribution in [-0.2, 0) is 16.4 Å². The summed E-state index contributed by atoms with van der Waals surface area (Å²) in [5, 5.41) is 4.90. The Balaban J connectivity index is 2.51. The van der Waals surface area contributed by atoms with Crippen LogP contribution in [0.4, 0.5) is 0 Å². The van der Waals surface area contributed by atoms with Gasteiger partial charge in [0.15, 0.2) is 0 Å². The number of hydrogen-bond acceptors (Lipinski definition) is 4. The van der Waals surface area contributed by atoms with Crippen LogP contribution in [0.25, 0.3) is 10.9 Å². The Morgan fingerprint density at radius 2 is 2.00 bits per heavy atom. The third-order valence-corrected chi connectivity index (χ3v) is 4.73. The zero-order valence-electron chi connectivity index (χ0n) is 12.6. The molecule has 0 amide bonds. The van der Waals surface area contributed by atoms with Gasteiger partial charge in [-0.05, 0) is 51.6 Å². The second kappa shape index (κ2) is 5.18. The molecular weight excluding hydrogens is 274 g/mol. The van der Waals surface area contributed by atoms with E-state index in [1.165, 1.54) is 5.56 Å². The minimum absolute atomic E-state index is 0.427. The van der Waals surface area contributed by atoms with Gasteiger partial charge in [0.1, 0.15) is 0 Å². The summed E-state index contributed by atoms with van der Waals surface area (Å²) in [6.07, 6.45) is 3.73. The van der Waals surface area contributed by atoms with E-state index in [1.807, 2.05) is 19.1 Å². The number of fused-ring (bicyclic) bond motifs is 1. The van der Waals surface area contributed by atoms with Crippen LogP contribution in [0.5, 0.6) is 0 Å². The van der Waals surface area contributed by atoms with E-state index in [0.29, 0.717) is 11.6 Å². The molecule has 1 aromatic heterocycles. The van der Waals surface area contributed by atoms with Crippen LogP contribution in [0.1, 0.15) is 18.1 Å². The van der Waals surface area contributed by atoms with Crippen molar-refractivity contribution in [1.82, 2.24) is 14.1 Å². The molecule has 1 unspecified atom stereocenters. The highest BCUT2D eigenvalue weighted by molar-refractivity contribution is 7.89. The molecule has 0 aliphatic heterocycles.